The van der Waals surface area contributed by atoms with Gasteiger partial charge in [-0.1, -0.05) is 29.8 Å². The summed E-state index contributed by atoms with van der Waals surface area (Å²) in [4.78, 5) is 37.2. The Balaban J connectivity index is 1.69. The van der Waals surface area contributed by atoms with Crippen molar-refractivity contribution >= 4 is 56.7 Å². The second-order valence-electron chi connectivity index (χ2n) is 10.4. The van der Waals surface area contributed by atoms with E-state index in [9.17, 15) is 20.1 Å². The minimum absolute atomic E-state index is 0.0832. The SMILES string of the molecule is CCN1C(=O)[C@@]2(CN(C)C3(c4cc(I)ccc4-n4c3nc3ccc(Cl)cc3c4=O)C2(C#N)C#N)c2ccccc21. The van der Waals surface area contributed by atoms with Crippen molar-refractivity contribution in [2.24, 2.45) is 5.41 Å². The summed E-state index contributed by atoms with van der Waals surface area (Å²) in [7, 11) is 1.81. The molecule has 0 aliphatic carbocycles. The van der Waals surface area contributed by atoms with E-state index in [4.69, 9.17) is 16.6 Å². The van der Waals surface area contributed by atoms with Crippen LogP contribution in [0.25, 0.3) is 16.6 Å². The Morgan fingerprint density at radius 3 is 2.50 bits per heavy atom. The Kier molecular flexibility index (Phi) is 5.13. The van der Waals surface area contributed by atoms with Crippen LogP contribution in [0.5, 0.6) is 0 Å². The zero-order valence-corrected chi connectivity index (χ0v) is 24.4. The fourth-order valence-electron chi connectivity index (χ4n) is 7.40. The normalized spacial score (nSPS) is 23.9. The molecule has 1 fully saturated rings. The first-order valence-corrected chi connectivity index (χ1v) is 14.2. The van der Waals surface area contributed by atoms with Crippen LogP contribution >= 0.6 is 34.2 Å². The molecule has 3 aliphatic rings. The number of aromatic nitrogens is 2. The van der Waals surface area contributed by atoms with Gasteiger partial charge in [0.2, 0.25) is 5.91 Å². The van der Waals surface area contributed by atoms with E-state index in [0.29, 0.717) is 45.0 Å². The number of likely N-dealkylation sites (N-methyl/N-ethyl adjacent to an activating group) is 2. The van der Waals surface area contributed by atoms with E-state index in [1.807, 2.05) is 54.3 Å². The molecule has 3 aromatic carbocycles. The van der Waals surface area contributed by atoms with E-state index in [1.54, 1.807) is 30.1 Å². The number of anilines is 1. The van der Waals surface area contributed by atoms with Crippen molar-refractivity contribution in [1.82, 2.24) is 14.5 Å². The van der Waals surface area contributed by atoms with E-state index in [2.05, 4.69) is 34.7 Å². The first-order chi connectivity index (χ1) is 19.2. The zero-order chi connectivity index (χ0) is 28.2. The molecular weight excluding hydrogens is 639 g/mol. The topological polar surface area (TPSA) is 106 Å². The number of hydrogen-bond acceptors (Lipinski definition) is 6. The third-order valence-electron chi connectivity index (χ3n) is 8.89. The van der Waals surface area contributed by atoms with Crippen LogP contribution in [-0.4, -0.2) is 40.5 Å². The number of rotatable bonds is 1. The molecule has 4 heterocycles. The number of fused-ring (bicyclic) bond motifs is 8. The van der Waals surface area contributed by atoms with Crippen molar-refractivity contribution in [1.29, 1.82) is 10.5 Å². The van der Waals surface area contributed by atoms with Crippen LogP contribution in [0.1, 0.15) is 23.9 Å². The Morgan fingerprint density at radius 1 is 1.02 bits per heavy atom. The molecule has 40 heavy (non-hydrogen) atoms. The van der Waals surface area contributed by atoms with Crippen molar-refractivity contribution in [3.05, 3.63) is 96.6 Å². The van der Waals surface area contributed by atoms with E-state index in [0.717, 1.165) is 3.57 Å². The lowest BCUT2D eigenvalue weighted by atomic mass is 9.55. The molecule has 8 nitrogen and oxygen atoms in total. The van der Waals surface area contributed by atoms with Crippen molar-refractivity contribution in [3.8, 4) is 17.8 Å². The Bertz CT molecular complexity index is 1960. The Morgan fingerprint density at radius 2 is 1.77 bits per heavy atom. The Labute approximate surface area is 248 Å². The van der Waals surface area contributed by atoms with E-state index in [-0.39, 0.29) is 23.8 Å². The highest BCUT2D eigenvalue weighted by molar-refractivity contribution is 14.1. The summed E-state index contributed by atoms with van der Waals surface area (Å²) < 4.78 is 2.35. The van der Waals surface area contributed by atoms with Crippen molar-refractivity contribution < 1.29 is 4.79 Å². The fourth-order valence-corrected chi connectivity index (χ4v) is 8.07. The van der Waals surface area contributed by atoms with Gasteiger partial charge < -0.3 is 4.90 Å². The fraction of sp³-hybridized carbons (Fsp3) is 0.233. The maximum atomic E-state index is 14.5. The van der Waals surface area contributed by atoms with Gasteiger partial charge in [0.25, 0.3) is 5.56 Å². The number of benzene rings is 3. The first-order valence-electron chi connectivity index (χ1n) is 12.7. The minimum Gasteiger partial charge on any atom is -0.311 e. The molecule has 1 unspecified atom stereocenters. The molecule has 0 saturated carbocycles. The summed E-state index contributed by atoms with van der Waals surface area (Å²) in [6.45, 7) is 2.35. The lowest BCUT2D eigenvalue weighted by molar-refractivity contribution is -0.124. The van der Waals surface area contributed by atoms with Crippen molar-refractivity contribution in [2.45, 2.75) is 17.9 Å². The van der Waals surface area contributed by atoms with Crippen LogP contribution in [0.3, 0.4) is 0 Å². The van der Waals surface area contributed by atoms with Crippen LogP contribution in [0.4, 0.5) is 5.69 Å². The van der Waals surface area contributed by atoms with E-state index >= 15 is 0 Å². The van der Waals surface area contributed by atoms with Gasteiger partial charge >= 0.3 is 0 Å². The molecule has 0 N–H and O–H groups in total. The number of carbonyl (C=O) groups is 1. The van der Waals surface area contributed by atoms with Crippen LogP contribution in [0.2, 0.25) is 5.02 Å². The van der Waals surface area contributed by atoms with Gasteiger partial charge in [-0.25, -0.2) is 4.98 Å². The molecule has 2 spiro atoms. The third-order valence-corrected chi connectivity index (χ3v) is 9.80. The van der Waals surface area contributed by atoms with E-state index < -0.39 is 16.4 Å². The zero-order valence-electron chi connectivity index (χ0n) is 21.4. The summed E-state index contributed by atoms with van der Waals surface area (Å²) in [5, 5.41) is 23.2. The molecular formula is C30H20ClIN6O2. The highest BCUT2D eigenvalue weighted by Crippen LogP contribution is 2.68. The van der Waals surface area contributed by atoms with Gasteiger partial charge in [0.05, 0.1) is 28.7 Å². The number of hydrogen-bond donors (Lipinski definition) is 0. The third kappa shape index (κ3) is 2.53. The molecule has 1 amide bonds. The molecule has 2 atom stereocenters. The van der Waals surface area contributed by atoms with Crippen LogP contribution in [0.15, 0.2) is 65.5 Å². The average molecular weight is 659 g/mol. The lowest BCUT2D eigenvalue weighted by Crippen LogP contribution is -2.57. The minimum atomic E-state index is -1.98. The highest BCUT2D eigenvalue weighted by Gasteiger charge is 2.81. The molecule has 4 aromatic rings. The second kappa shape index (κ2) is 8.14. The van der Waals surface area contributed by atoms with E-state index in [1.165, 1.54) is 4.57 Å². The molecule has 0 bridgehead atoms. The molecule has 7 rings (SSSR count). The number of likely N-dealkylation sites (tertiary alicyclic amines) is 1. The van der Waals surface area contributed by atoms with Crippen molar-refractivity contribution in [2.75, 3.05) is 25.0 Å². The maximum absolute atomic E-state index is 14.5. The maximum Gasteiger partial charge on any atom is 0.266 e. The van der Waals surface area contributed by atoms with Gasteiger partial charge in [-0.15, -0.1) is 0 Å². The van der Waals surface area contributed by atoms with Crippen molar-refractivity contribution in [3.63, 3.8) is 0 Å². The second-order valence-corrected chi connectivity index (χ2v) is 12.1. The molecule has 1 aromatic heterocycles. The molecule has 1 saturated heterocycles. The molecule has 0 radical (unpaired) electrons. The number of carbonyl (C=O) groups excluding carboxylic acids is 1. The van der Waals surface area contributed by atoms with Crippen LogP contribution < -0.4 is 10.5 Å². The average Bonchev–Trinajstić information content (AvgIpc) is 3.47. The molecule has 10 heteroatoms. The highest BCUT2D eigenvalue weighted by atomic mass is 127. The van der Waals surface area contributed by atoms with Crippen LogP contribution in [0, 0.1) is 31.6 Å². The quantitative estimate of drug-likeness (QED) is 0.279. The number of nitrogens with zero attached hydrogens (tertiary/aromatic N) is 6. The largest absolute Gasteiger partial charge is 0.311 e. The van der Waals surface area contributed by atoms with Gasteiger partial charge in [0.15, 0.2) is 5.41 Å². The smallest absolute Gasteiger partial charge is 0.266 e. The summed E-state index contributed by atoms with van der Waals surface area (Å²) in [6.07, 6.45) is 0. The number of nitriles is 2. The molecule has 196 valence electrons. The van der Waals surface area contributed by atoms with Crippen LogP contribution in [-0.2, 0) is 15.7 Å². The standard InChI is InChI=1S/C30H20ClIN6O2/c1-3-37-23-7-5-4-6-20(23)29(27(37)40)16-36(2)30(28(29,14-33)15-34)21-13-18(32)9-11-24(21)38-25(39)19-12-17(31)8-10-22(19)35-26(30)38/h4-13H,3,16H2,1-2H3/t29-,30?/m1/s1. The van der Waals surface area contributed by atoms with Gasteiger partial charge in [0.1, 0.15) is 16.8 Å². The number of para-hydroxylation sites is 1. The lowest BCUT2D eigenvalue weighted by Gasteiger charge is -2.41. The summed E-state index contributed by atoms with van der Waals surface area (Å²) in [5.41, 5.74) is -2.56. The summed E-state index contributed by atoms with van der Waals surface area (Å²) in [5.74, 6) is -0.0596. The summed E-state index contributed by atoms with van der Waals surface area (Å²) in [6, 6.07) is 22.6. The number of halogens is 2. The Hall–Kier alpha value is -3.77. The monoisotopic (exact) mass is 658 g/mol. The number of amides is 1. The summed E-state index contributed by atoms with van der Waals surface area (Å²) >= 11 is 8.44. The molecule has 3 aliphatic heterocycles. The first kappa shape index (κ1) is 25.2. The predicted octanol–water partition coefficient (Wildman–Crippen LogP) is 4.48. The van der Waals surface area contributed by atoms with Gasteiger partial charge in [0, 0.05) is 32.9 Å². The predicted molar refractivity (Wildman–Crippen MR) is 158 cm³/mol. The van der Waals surface area contributed by atoms with Gasteiger partial charge in [-0.3, -0.25) is 19.1 Å². The van der Waals surface area contributed by atoms with Gasteiger partial charge in [-0.05, 0) is 84.6 Å². The van der Waals surface area contributed by atoms with Gasteiger partial charge in [-0.2, -0.15) is 10.5 Å².